The van der Waals surface area contributed by atoms with Crippen molar-refractivity contribution >= 4 is 28.3 Å². The van der Waals surface area contributed by atoms with Crippen molar-refractivity contribution in [3.05, 3.63) is 46.0 Å². The summed E-state index contributed by atoms with van der Waals surface area (Å²) in [5.41, 5.74) is -0.206. The molecule has 0 radical (unpaired) electrons. The molecule has 2 amide bonds. The number of hydrogen-bond donors (Lipinski definition) is 1. The Morgan fingerprint density at radius 1 is 1.13 bits per heavy atom. The van der Waals surface area contributed by atoms with Gasteiger partial charge in [0.15, 0.2) is 5.13 Å². The lowest BCUT2D eigenvalue weighted by Crippen LogP contribution is -2.42. The molecule has 0 saturated heterocycles. The van der Waals surface area contributed by atoms with E-state index >= 15 is 0 Å². The highest BCUT2D eigenvalue weighted by Crippen LogP contribution is 2.29. The van der Waals surface area contributed by atoms with Crippen molar-refractivity contribution in [3.63, 3.8) is 0 Å². The van der Waals surface area contributed by atoms with E-state index in [2.05, 4.69) is 15.2 Å². The number of nitrogens with zero attached hydrogens (tertiary/aromatic N) is 3. The van der Waals surface area contributed by atoms with Gasteiger partial charge in [-0.2, -0.15) is 13.2 Å². The minimum Gasteiger partial charge on any atom is -0.328 e. The van der Waals surface area contributed by atoms with Crippen molar-refractivity contribution in [3.8, 4) is 0 Å². The minimum atomic E-state index is -4.56. The number of halogens is 3. The number of amides is 2. The Balaban J connectivity index is 2.20. The lowest BCUT2D eigenvalue weighted by molar-refractivity contribution is -0.137. The van der Waals surface area contributed by atoms with Crippen LogP contribution in [-0.4, -0.2) is 59.3 Å². The van der Waals surface area contributed by atoms with Gasteiger partial charge < -0.3 is 15.1 Å². The first-order chi connectivity index (χ1) is 14.5. The Morgan fingerprint density at radius 3 is 2.35 bits per heavy atom. The predicted molar refractivity (Wildman–Crippen MR) is 115 cm³/mol. The van der Waals surface area contributed by atoms with Gasteiger partial charge in [0.1, 0.15) is 6.54 Å². The summed E-state index contributed by atoms with van der Waals surface area (Å²) in [4.78, 5) is 34.1. The van der Waals surface area contributed by atoms with E-state index < -0.39 is 23.6 Å². The van der Waals surface area contributed by atoms with Crippen LogP contribution in [-0.2, 0) is 11.0 Å². The topological polar surface area (TPSA) is 65.5 Å². The van der Waals surface area contributed by atoms with Crippen LogP contribution >= 0.6 is 11.3 Å². The summed E-state index contributed by atoms with van der Waals surface area (Å²) >= 11 is 1.32. The average Bonchev–Trinajstić information content (AvgIpc) is 3.03. The van der Waals surface area contributed by atoms with Crippen LogP contribution < -0.4 is 5.32 Å². The maximum Gasteiger partial charge on any atom is 0.416 e. The maximum atomic E-state index is 13.1. The fourth-order valence-electron chi connectivity index (χ4n) is 2.92. The number of thiazole rings is 1. The zero-order valence-corrected chi connectivity index (χ0v) is 18.9. The summed E-state index contributed by atoms with van der Waals surface area (Å²) in [6.45, 7) is 9.60. The van der Waals surface area contributed by atoms with Crippen molar-refractivity contribution in [1.29, 1.82) is 0 Å². The minimum absolute atomic E-state index is 0.108. The van der Waals surface area contributed by atoms with Crippen LogP contribution in [0.5, 0.6) is 0 Å². The van der Waals surface area contributed by atoms with Gasteiger partial charge in [-0.15, -0.1) is 11.3 Å². The van der Waals surface area contributed by atoms with Crippen molar-refractivity contribution < 1.29 is 22.8 Å². The first kappa shape index (κ1) is 24.8. The number of hydrogen-bond acceptors (Lipinski definition) is 5. The number of anilines is 1. The smallest absolute Gasteiger partial charge is 0.328 e. The fourth-order valence-corrected chi connectivity index (χ4v) is 3.75. The highest BCUT2D eigenvalue weighted by molar-refractivity contribution is 7.15. The van der Waals surface area contributed by atoms with E-state index in [1.807, 2.05) is 27.7 Å². The number of likely N-dealkylation sites (N-methyl/N-ethyl adjacent to an activating group) is 1. The van der Waals surface area contributed by atoms with Crippen LogP contribution in [0, 0.1) is 13.8 Å². The van der Waals surface area contributed by atoms with Gasteiger partial charge in [-0.05, 0) is 45.1 Å². The zero-order chi connectivity index (χ0) is 23.2. The normalized spacial score (nSPS) is 11.6. The number of rotatable bonds is 9. The molecule has 0 saturated carbocycles. The van der Waals surface area contributed by atoms with Crippen LogP contribution in [0.2, 0.25) is 0 Å². The second kappa shape index (κ2) is 10.7. The lowest BCUT2D eigenvalue weighted by atomic mass is 10.1. The molecule has 0 fully saturated rings. The van der Waals surface area contributed by atoms with E-state index in [0.29, 0.717) is 11.7 Å². The third-order valence-corrected chi connectivity index (χ3v) is 5.90. The molecule has 1 aromatic carbocycles. The number of aryl methyl sites for hydroxylation is 2. The Labute approximate surface area is 184 Å². The van der Waals surface area contributed by atoms with Crippen LogP contribution in [0.15, 0.2) is 24.3 Å². The van der Waals surface area contributed by atoms with Crippen molar-refractivity contribution in [1.82, 2.24) is 14.8 Å². The van der Waals surface area contributed by atoms with Gasteiger partial charge in [0.25, 0.3) is 5.91 Å². The second-order valence-electron chi connectivity index (χ2n) is 7.04. The van der Waals surface area contributed by atoms with Gasteiger partial charge in [0, 0.05) is 23.5 Å². The highest BCUT2D eigenvalue weighted by atomic mass is 32.1. The van der Waals surface area contributed by atoms with E-state index in [4.69, 9.17) is 0 Å². The van der Waals surface area contributed by atoms with Gasteiger partial charge >= 0.3 is 6.18 Å². The van der Waals surface area contributed by atoms with Crippen molar-refractivity contribution in [2.75, 3.05) is 38.0 Å². The predicted octanol–water partition coefficient (Wildman–Crippen LogP) is 4.20. The summed E-state index contributed by atoms with van der Waals surface area (Å²) in [5.74, 6) is -1.08. The molecule has 0 aliphatic carbocycles. The maximum absolute atomic E-state index is 13.1. The number of carbonyl (C=O) groups is 2. The molecule has 1 aromatic heterocycles. The highest BCUT2D eigenvalue weighted by Gasteiger charge is 2.31. The van der Waals surface area contributed by atoms with Crippen molar-refractivity contribution in [2.24, 2.45) is 0 Å². The van der Waals surface area contributed by atoms with Crippen LogP contribution in [0.3, 0.4) is 0 Å². The molecule has 2 aromatic rings. The molecule has 2 rings (SSSR count). The summed E-state index contributed by atoms with van der Waals surface area (Å²) in [6.07, 6.45) is -4.56. The van der Waals surface area contributed by atoms with E-state index in [9.17, 15) is 22.8 Å². The molecule has 1 heterocycles. The Morgan fingerprint density at radius 2 is 1.81 bits per heavy atom. The standard InChI is InChI=1S/C21H27F3N4O2S/c1-5-27(6-2)10-11-28(13-18(29)26-20-25-14(3)15(4)31-20)19(30)16-8-7-9-17(12-16)21(22,23)24/h7-9,12H,5-6,10-11,13H2,1-4H3,(H,25,26,29). The molecule has 0 aliphatic heterocycles. The van der Waals surface area contributed by atoms with Crippen LogP contribution in [0.1, 0.15) is 40.3 Å². The van der Waals surface area contributed by atoms with Gasteiger partial charge in [-0.3, -0.25) is 9.59 Å². The monoisotopic (exact) mass is 456 g/mol. The van der Waals surface area contributed by atoms with E-state index in [1.165, 1.54) is 28.4 Å². The molecular formula is C21H27F3N4O2S. The van der Waals surface area contributed by atoms with E-state index in [1.54, 1.807) is 0 Å². The molecule has 6 nitrogen and oxygen atoms in total. The third kappa shape index (κ3) is 7.03. The molecule has 10 heteroatoms. The quantitative estimate of drug-likeness (QED) is 0.614. The summed E-state index contributed by atoms with van der Waals surface area (Å²) in [5, 5.41) is 3.10. The number of nitrogens with one attached hydrogen (secondary N) is 1. The van der Waals surface area contributed by atoms with Gasteiger partial charge in [-0.25, -0.2) is 4.98 Å². The molecule has 0 spiro atoms. The molecule has 0 atom stereocenters. The van der Waals surface area contributed by atoms with Crippen molar-refractivity contribution in [2.45, 2.75) is 33.9 Å². The SMILES string of the molecule is CCN(CC)CCN(CC(=O)Nc1nc(C)c(C)s1)C(=O)c1cccc(C(F)(F)F)c1. The first-order valence-corrected chi connectivity index (χ1v) is 10.8. The van der Waals surface area contributed by atoms with Crippen LogP contribution in [0.25, 0.3) is 0 Å². The molecule has 170 valence electrons. The van der Waals surface area contributed by atoms with Gasteiger partial charge in [0.05, 0.1) is 11.3 Å². The van der Waals surface area contributed by atoms with Gasteiger partial charge in [-0.1, -0.05) is 19.9 Å². The molecule has 1 N–H and O–H groups in total. The lowest BCUT2D eigenvalue weighted by Gasteiger charge is -2.26. The average molecular weight is 457 g/mol. The summed E-state index contributed by atoms with van der Waals surface area (Å²) in [7, 11) is 0. The van der Waals surface area contributed by atoms with E-state index in [-0.39, 0.29) is 18.7 Å². The largest absolute Gasteiger partial charge is 0.416 e. The number of alkyl halides is 3. The first-order valence-electron chi connectivity index (χ1n) is 9.97. The Hall–Kier alpha value is -2.46. The summed E-state index contributed by atoms with van der Waals surface area (Å²) in [6, 6.07) is 4.25. The molecular weight excluding hydrogens is 429 g/mol. The Bertz CT molecular complexity index is 891. The molecule has 0 aliphatic rings. The number of carbonyl (C=O) groups excluding carboxylic acids is 2. The second-order valence-corrected chi connectivity index (χ2v) is 8.24. The number of benzene rings is 1. The molecule has 31 heavy (non-hydrogen) atoms. The third-order valence-electron chi connectivity index (χ3n) is 4.91. The molecule has 0 unspecified atom stereocenters. The van der Waals surface area contributed by atoms with Gasteiger partial charge in [0.2, 0.25) is 5.91 Å². The number of aromatic nitrogens is 1. The van der Waals surface area contributed by atoms with E-state index in [0.717, 1.165) is 35.8 Å². The Kier molecular flexibility index (Phi) is 8.58. The summed E-state index contributed by atoms with van der Waals surface area (Å²) < 4.78 is 39.2. The van der Waals surface area contributed by atoms with Crippen LogP contribution in [0.4, 0.5) is 18.3 Å². The molecule has 0 bridgehead atoms. The zero-order valence-electron chi connectivity index (χ0n) is 18.0. The fraction of sp³-hybridized carbons (Fsp3) is 0.476.